The summed E-state index contributed by atoms with van der Waals surface area (Å²) in [4.78, 5) is 20.2. The van der Waals surface area contributed by atoms with Gasteiger partial charge in [0.05, 0.1) is 0 Å². The lowest BCUT2D eigenvalue weighted by atomic mass is 10.0. The van der Waals surface area contributed by atoms with E-state index in [1.54, 1.807) is 9.80 Å². The Morgan fingerprint density at radius 2 is 1.76 bits per heavy atom. The number of nitrogens with one attached hydrogen (secondary N) is 1. The standard InChI is InChI=1S/C23H25F5N4O2/c24-15-10-14(11-16(25)20(15)32-9-6-13-4-3-5-17(13)32)29-21(33)19-18(12-23(26,27)28)34-22(30-19)31-7-1-2-8-31/h10-11,13,17H,1-9,12H2,(H,29,33). The first-order chi connectivity index (χ1) is 16.2. The molecule has 0 radical (unpaired) electrons. The molecule has 0 bridgehead atoms. The van der Waals surface area contributed by atoms with Crippen LogP contribution >= 0.6 is 0 Å². The molecule has 2 saturated heterocycles. The average molecular weight is 484 g/mol. The van der Waals surface area contributed by atoms with Gasteiger partial charge in [-0.15, -0.1) is 0 Å². The Labute approximate surface area is 193 Å². The van der Waals surface area contributed by atoms with E-state index in [0.29, 0.717) is 25.6 Å². The Morgan fingerprint density at radius 1 is 1.06 bits per heavy atom. The normalized spacial score (nSPS) is 22.5. The molecule has 2 aromatic rings. The van der Waals surface area contributed by atoms with Gasteiger partial charge in [0.2, 0.25) is 0 Å². The first-order valence-corrected chi connectivity index (χ1v) is 11.6. The van der Waals surface area contributed by atoms with Crippen LogP contribution in [0.25, 0.3) is 0 Å². The summed E-state index contributed by atoms with van der Waals surface area (Å²) in [6, 6.07) is 2.02. The molecule has 5 rings (SSSR count). The maximum atomic E-state index is 15.0. The van der Waals surface area contributed by atoms with Crippen LogP contribution < -0.4 is 15.1 Å². The van der Waals surface area contributed by atoms with Crippen molar-refractivity contribution in [1.82, 2.24) is 4.98 Å². The van der Waals surface area contributed by atoms with Crippen molar-refractivity contribution in [3.8, 4) is 0 Å². The minimum absolute atomic E-state index is 0.0604. The lowest BCUT2D eigenvalue weighted by molar-refractivity contribution is -0.130. The molecular weight excluding hydrogens is 459 g/mol. The summed E-state index contributed by atoms with van der Waals surface area (Å²) in [6.45, 7) is 1.68. The van der Waals surface area contributed by atoms with Gasteiger partial charge in [-0.05, 0) is 50.2 Å². The lowest BCUT2D eigenvalue weighted by Gasteiger charge is -2.27. The van der Waals surface area contributed by atoms with Crippen molar-refractivity contribution in [3.63, 3.8) is 0 Å². The molecule has 1 amide bonds. The van der Waals surface area contributed by atoms with Crippen molar-refractivity contribution in [2.75, 3.05) is 34.8 Å². The highest BCUT2D eigenvalue weighted by Crippen LogP contribution is 2.42. The molecule has 2 unspecified atom stereocenters. The van der Waals surface area contributed by atoms with Gasteiger partial charge in [0.1, 0.15) is 17.9 Å². The zero-order chi connectivity index (χ0) is 24.0. The first-order valence-electron chi connectivity index (χ1n) is 11.6. The second-order valence-corrected chi connectivity index (χ2v) is 9.24. The fourth-order valence-corrected chi connectivity index (χ4v) is 5.48. The fraction of sp³-hybridized carbons (Fsp3) is 0.565. The molecule has 1 N–H and O–H groups in total. The smallest absolute Gasteiger partial charge is 0.396 e. The Bertz CT molecular complexity index is 1060. The SMILES string of the molecule is O=C(Nc1cc(F)c(N2CCC3CCCC32)c(F)c1)c1nc(N2CCCC2)oc1CC(F)(F)F. The molecule has 0 spiro atoms. The summed E-state index contributed by atoms with van der Waals surface area (Å²) in [6.07, 6.45) is -0.577. The molecule has 6 nitrogen and oxygen atoms in total. The maximum absolute atomic E-state index is 15.0. The molecule has 3 fully saturated rings. The van der Waals surface area contributed by atoms with Crippen LogP contribution in [-0.2, 0) is 6.42 Å². The number of oxazole rings is 1. The van der Waals surface area contributed by atoms with Gasteiger partial charge in [-0.2, -0.15) is 18.2 Å². The summed E-state index contributed by atoms with van der Waals surface area (Å²) >= 11 is 0. The molecule has 1 aromatic carbocycles. The summed E-state index contributed by atoms with van der Waals surface area (Å²) in [5.74, 6) is -2.86. The van der Waals surface area contributed by atoms with Crippen molar-refractivity contribution in [3.05, 3.63) is 35.2 Å². The van der Waals surface area contributed by atoms with E-state index in [2.05, 4.69) is 10.3 Å². The number of hydrogen-bond donors (Lipinski definition) is 1. The number of nitrogens with zero attached hydrogens (tertiary/aromatic N) is 3. The molecule has 1 aromatic heterocycles. The number of amides is 1. The quantitative estimate of drug-likeness (QED) is 0.585. The minimum atomic E-state index is -4.62. The van der Waals surface area contributed by atoms with Crippen molar-refractivity contribution in [1.29, 1.82) is 0 Å². The van der Waals surface area contributed by atoms with E-state index >= 15 is 0 Å². The number of fused-ring (bicyclic) bond motifs is 1. The van der Waals surface area contributed by atoms with E-state index in [9.17, 15) is 26.7 Å². The molecule has 184 valence electrons. The predicted molar refractivity (Wildman–Crippen MR) is 115 cm³/mol. The van der Waals surface area contributed by atoms with Gasteiger partial charge in [-0.25, -0.2) is 8.78 Å². The highest BCUT2D eigenvalue weighted by atomic mass is 19.4. The first kappa shape index (κ1) is 22.9. The van der Waals surface area contributed by atoms with Crippen LogP contribution in [0.3, 0.4) is 0 Å². The number of anilines is 3. The third-order valence-corrected chi connectivity index (χ3v) is 6.96. The van der Waals surface area contributed by atoms with Crippen LogP contribution in [0.15, 0.2) is 16.5 Å². The summed E-state index contributed by atoms with van der Waals surface area (Å²) in [7, 11) is 0. The van der Waals surface area contributed by atoms with Gasteiger partial charge in [0, 0.05) is 31.4 Å². The number of carbonyl (C=O) groups is 1. The second kappa shape index (κ2) is 8.74. The number of halogens is 5. The minimum Gasteiger partial charge on any atom is -0.427 e. The van der Waals surface area contributed by atoms with E-state index in [4.69, 9.17) is 4.42 Å². The number of rotatable bonds is 5. The largest absolute Gasteiger partial charge is 0.427 e. The number of aromatic nitrogens is 1. The van der Waals surface area contributed by atoms with Crippen LogP contribution in [0.2, 0.25) is 0 Å². The fourth-order valence-electron chi connectivity index (χ4n) is 5.48. The van der Waals surface area contributed by atoms with Crippen LogP contribution in [0.4, 0.5) is 39.3 Å². The van der Waals surface area contributed by atoms with Gasteiger partial charge in [0.15, 0.2) is 17.3 Å². The zero-order valence-electron chi connectivity index (χ0n) is 18.4. The van der Waals surface area contributed by atoms with Crippen LogP contribution in [0.5, 0.6) is 0 Å². The van der Waals surface area contributed by atoms with E-state index in [0.717, 1.165) is 50.7 Å². The second-order valence-electron chi connectivity index (χ2n) is 9.24. The number of hydrogen-bond acceptors (Lipinski definition) is 5. The molecular formula is C23H25F5N4O2. The number of carbonyl (C=O) groups excluding carboxylic acids is 1. The molecule has 3 heterocycles. The predicted octanol–water partition coefficient (Wildman–Crippen LogP) is 5.29. The Hall–Kier alpha value is -2.85. The van der Waals surface area contributed by atoms with E-state index in [-0.39, 0.29) is 23.4 Å². The van der Waals surface area contributed by atoms with Crippen molar-refractivity contribution in [2.24, 2.45) is 5.92 Å². The summed E-state index contributed by atoms with van der Waals surface area (Å²) in [5, 5.41) is 2.29. The molecule has 34 heavy (non-hydrogen) atoms. The summed E-state index contributed by atoms with van der Waals surface area (Å²) < 4.78 is 74.4. The molecule has 2 atom stereocenters. The Balaban J connectivity index is 1.38. The molecule has 11 heteroatoms. The van der Waals surface area contributed by atoms with Crippen molar-refractivity contribution in [2.45, 2.75) is 57.2 Å². The van der Waals surface area contributed by atoms with E-state index in [1.165, 1.54) is 0 Å². The van der Waals surface area contributed by atoms with Crippen LogP contribution in [0, 0.1) is 17.6 Å². The van der Waals surface area contributed by atoms with Gasteiger partial charge >= 0.3 is 6.18 Å². The lowest BCUT2D eigenvalue weighted by Crippen LogP contribution is -2.31. The molecule has 1 saturated carbocycles. The van der Waals surface area contributed by atoms with Crippen molar-refractivity contribution >= 4 is 23.3 Å². The van der Waals surface area contributed by atoms with Gasteiger partial charge < -0.3 is 19.5 Å². The van der Waals surface area contributed by atoms with Gasteiger partial charge in [-0.1, -0.05) is 6.42 Å². The van der Waals surface area contributed by atoms with Gasteiger partial charge in [0.25, 0.3) is 11.9 Å². The number of benzene rings is 1. The number of alkyl halides is 3. The average Bonchev–Trinajstić information content (AvgIpc) is 3.52. The highest BCUT2D eigenvalue weighted by Gasteiger charge is 2.40. The Morgan fingerprint density at radius 3 is 2.44 bits per heavy atom. The third kappa shape index (κ3) is 4.44. The third-order valence-electron chi connectivity index (χ3n) is 6.96. The van der Waals surface area contributed by atoms with Crippen LogP contribution in [-0.4, -0.2) is 42.7 Å². The molecule has 1 aliphatic carbocycles. The monoisotopic (exact) mass is 484 g/mol. The zero-order valence-corrected chi connectivity index (χ0v) is 18.4. The highest BCUT2D eigenvalue weighted by molar-refractivity contribution is 6.04. The summed E-state index contributed by atoms with van der Waals surface area (Å²) in [5.41, 5.74) is -0.866. The molecule has 3 aliphatic rings. The Kier molecular flexibility index (Phi) is 5.89. The topological polar surface area (TPSA) is 61.6 Å². The van der Waals surface area contributed by atoms with Crippen LogP contribution in [0.1, 0.15) is 54.8 Å². The van der Waals surface area contributed by atoms with Crippen molar-refractivity contribution < 1.29 is 31.2 Å². The van der Waals surface area contributed by atoms with Gasteiger partial charge in [-0.3, -0.25) is 4.79 Å². The molecule has 2 aliphatic heterocycles. The maximum Gasteiger partial charge on any atom is 0.396 e. The van der Waals surface area contributed by atoms with E-state index < -0.39 is 41.6 Å². The van der Waals surface area contributed by atoms with E-state index in [1.807, 2.05) is 0 Å².